The Kier molecular flexibility index (Phi) is 7.37. The van der Waals surface area contributed by atoms with Gasteiger partial charge in [-0.1, -0.05) is 0 Å². The second kappa shape index (κ2) is 9.73. The summed E-state index contributed by atoms with van der Waals surface area (Å²) in [6.45, 7) is -0.225. The van der Waals surface area contributed by atoms with Crippen molar-refractivity contribution in [1.29, 1.82) is 0 Å². The van der Waals surface area contributed by atoms with Crippen LogP contribution in [0, 0.1) is 10.1 Å². The van der Waals surface area contributed by atoms with Crippen LogP contribution in [0.4, 0.5) is 5.69 Å². The predicted octanol–water partition coefficient (Wildman–Crippen LogP) is 2.50. The minimum atomic E-state index is -1.06. The maximum absolute atomic E-state index is 12.5. The Labute approximate surface area is 170 Å². The number of methoxy groups -OCH3 is 3. The molecule has 0 spiro atoms. The summed E-state index contributed by atoms with van der Waals surface area (Å²) in [6.07, 6.45) is 0. The van der Waals surface area contributed by atoms with Gasteiger partial charge >= 0.3 is 11.7 Å². The van der Waals surface area contributed by atoms with E-state index < -0.39 is 34.7 Å². The van der Waals surface area contributed by atoms with Crippen molar-refractivity contribution in [2.45, 2.75) is 6.54 Å². The number of nitro groups is 1. The van der Waals surface area contributed by atoms with Gasteiger partial charge in [0.2, 0.25) is 11.5 Å². The lowest BCUT2D eigenvalue weighted by Crippen LogP contribution is -2.30. The molecule has 0 aliphatic carbocycles. The van der Waals surface area contributed by atoms with Crippen LogP contribution in [0.25, 0.3) is 0 Å². The monoisotopic (exact) mass is 424 g/mol. The van der Waals surface area contributed by atoms with E-state index in [4.69, 9.17) is 18.9 Å². The molecule has 29 heavy (non-hydrogen) atoms. The van der Waals surface area contributed by atoms with Gasteiger partial charge in [-0.2, -0.15) is 11.3 Å². The van der Waals surface area contributed by atoms with Gasteiger partial charge < -0.3 is 23.8 Å². The second-order valence-electron chi connectivity index (χ2n) is 5.76. The fourth-order valence-corrected chi connectivity index (χ4v) is 3.20. The summed E-state index contributed by atoms with van der Waals surface area (Å²) in [6, 6.07) is 2.99. The van der Waals surface area contributed by atoms with E-state index in [1.54, 1.807) is 7.05 Å². The van der Waals surface area contributed by atoms with Crippen molar-refractivity contribution < 1.29 is 33.5 Å². The van der Waals surface area contributed by atoms with Gasteiger partial charge in [-0.25, -0.2) is 4.79 Å². The number of rotatable bonds is 9. The lowest BCUT2D eigenvalue weighted by molar-refractivity contribution is -0.386. The number of nitrogens with zero attached hydrogens (tertiary/aromatic N) is 2. The van der Waals surface area contributed by atoms with Crippen LogP contribution in [-0.4, -0.2) is 56.7 Å². The zero-order chi connectivity index (χ0) is 21.6. The Morgan fingerprint density at radius 1 is 1.17 bits per heavy atom. The highest BCUT2D eigenvalue weighted by molar-refractivity contribution is 7.07. The highest BCUT2D eigenvalue weighted by Crippen LogP contribution is 2.46. The van der Waals surface area contributed by atoms with Crippen molar-refractivity contribution in [2.24, 2.45) is 0 Å². The molecule has 0 N–H and O–H groups in total. The van der Waals surface area contributed by atoms with Crippen molar-refractivity contribution in [3.63, 3.8) is 0 Å². The van der Waals surface area contributed by atoms with Gasteiger partial charge in [-0.05, 0) is 22.4 Å². The summed E-state index contributed by atoms with van der Waals surface area (Å²) in [5.41, 5.74) is -0.121. The van der Waals surface area contributed by atoms with Gasteiger partial charge in [0.05, 0.1) is 26.3 Å². The zero-order valence-electron chi connectivity index (χ0n) is 16.3. The highest BCUT2D eigenvalue weighted by atomic mass is 32.1. The molecule has 0 radical (unpaired) electrons. The van der Waals surface area contributed by atoms with E-state index in [0.717, 1.165) is 11.6 Å². The van der Waals surface area contributed by atoms with Crippen LogP contribution >= 0.6 is 11.3 Å². The molecule has 0 saturated carbocycles. The van der Waals surface area contributed by atoms with Crippen LogP contribution in [0.5, 0.6) is 17.2 Å². The Hall–Kier alpha value is -3.34. The minimum Gasteiger partial charge on any atom is -0.493 e. The van der Waals surface area contributed by atoms with Crippen LogP contribution in [0.2, 0.25) is 0 Å². The lowest BCUT2D eigenvalue weighted by Gasteiger charge is -2.17. The van der Waals surface area contributed by atoms with Crippen molar-refractivity contribution in [2.75, 3.05) is 35.0 Å². The Morgan fingerprint density at radius 2 is 1.86 bits per heavy atom. The quantitative estimate of drug-likeness (QED) is 0.342. The van der Waals surface area contributed by atoms with E-state index in [9.17, 15) is 19.7 Å². The fraction of sp³-hybridized carbons (Fsp3) is 0.333. The number of amides is 1. The van der Waals surface area contributed by atoms with Crippen molar-refractivity contribution in [1.82, 2.24) is 4.90 Å². The molecule has 0 saturated heterocycles. The molecule has 11 heteroatoms. The standard InChI is InChI=1S/C18H20N2O8S/c1-19(8-11-5-6-29-10-11)14(21)9-28-18(22)12-7-13(25-2)16(26-3)17(27-4)15(12)20(23)24/h5-7,10H,8-9H2,1-4H3. The Bertz CT molecular complexity index is 898. The second-order valence-corrected chi connectivity index (χ2v) is 6.54. The molecule has 2 aromatic rings. The van der Waals surface area contributed by atoms with Gasteiger partial charge in [0.15, 0.2) is 12.4 Å². The first-order valence-electron chi connectivity index (χ1n) is 8.23. The highest BCUT2D eigenvalue weighted by Gasteiger charge is 2.33. The van der Waals surface area contributed by atoms with E-state index in [1.807, 2.05) is 16.8 Å². The first kappa shape index (κ1) is 22.0. The van der Waals surface area contributed by atoms with Gasteiger partial charge in [-0.3, -0.25) is 14.9 Å². The van der Waals surface area contributed by atoms with E-state index in [1.165, 1.54) is 37.6 Å². The van der Waals surface area contributed by atoms with Crippen LogP contribution in [-0.2, 0) is 16.1 Å². The maximum atomic E-state index is 12.5. The van der Waals surface area contributed by atoms with Crippen LogP contribution < -0.4 is 14.2 Å². The normalized spacial score (nSPS) is 10.2. The number of benzene rings is 1. The summed E-state index contributed by atoms with van der Waals surface area (Å²) in [5.74, 6) is -1.80. The number of thiophene rings is 1. The van der Waals surface area contributed by atoms with E-state index in [0.29, 0.717) is 6.54 Å². The molecule has 1 heterocycles. The first-order chi connectivity index (χ1) is 13.8. The molecular weight excluding hydrogens is 404 g/mol. The lowest BCUT2D eigenvalue weighted by atomic mass is 10.1. The largest absolute Gasteiger partial charge is 0.493 e. The topological polar surface area (TPSA) is 117 Å². The molecule has 0 bridgehead atoms. The molecule has 1 aromatic carbocycles. The number of carbonyl (C=O) groups excluding carboxylic acids is 2. The minimum absolute atomic E-state index is 0.0372. The Morgan fingerprint density at radius 3 is 2.38 bits per heavy atom. The van der Waals surface area contributed by atoms with Crippen molar-refractivity contribution in [3.8, 4) is 17.2 Å². The molecule has 1 amide bonds. The average Bonchev–Trinajstić information content (AvgIpc) is 3.22. The number of esters is 1. The Balaban J connectivity index is 2.23. The van der Waals surface area contributed by atoms with E-state index in [2.05, 4.69) is 0 Å². The third-order valence-electron chi connectivity index (χ3n) is 3.96. The summed E-state index contributed by atoms with van der Waals surface area (Å²) >= 11 is 1.50. The van der Waals surface area contributed by atoms with E-state index in [-0.39, 0.29) is 17.2 Å². The van der Waals surface area contributed by atoms with E-state index >= 15 is 0 Å². The number of likely N-dealkylation sites (N-methyl/N-ethyl adjacent to an activating group) is 1. The molecule has 0 fully saturated rings. The third-order valence-corrected chi connectivity index (χ3v) is 4.69. The summed E-state index contributed by atoms with van der Waals surface area (Å²) in [7, 11) is 5.35. The molecule has 0 aliphatic heterocycles. The van der Waals surface area contributed by atoms with Gasteiger partial charge in [-0.15, -0.1) is 0 Å². The number of carbonyl (C=O) groups is 2. The van der Waals surface area contributed by atoms with Crippen molar-refractivity contribution >= 4 is 28.9 Å². The number of ether oxygens (including phenoxy) is 4. The van der Waals surface area contributed by atoms with Gasteiger partial charge in [0.25, 0.3) is 5.91 Å². The zero-order valence-corrected chi connectivity index (χ0v) is 17.1. The average molecular weight is 424 g/mol. The number of hydrogen-bond donors (Lipinski definition) is 0. The van der Waals surface area contributed by atoms with Crippen LogP contribution in [0.1, 0.15) is 15.9 Å². The van der Waals surface area contributed by atoms with Crippen molar-refractivity contribution in [3.05, 3.63) is 44.1 Å². The van der Waals surface area contributed by atoms with Gasteiger partial charge in [0, 0.05) is 19.7 Å². The van der Waals surface area contributed by atoms with Gasteiger partial charge in [0.1, 0.15) is 5.56 Å². The molecule has 0 atom stereocenters. The third kappa shape index (κ3) is 4.93. The molecule has 2 rings (SSSR count). The predicted molar refractivity (Wildman–Crippen MR) is 104 cm³/mol. The SMILES string of the molecule is COc1cc(C(=O)OCC(=O)N(C)Cc2ccsc2)c([N+](=O)[O-])c(OC)c1OC. The molecule has 1 aromatic heterocycles. The summed E-state index contributed by atoms with van der Waals surface area (Å²) in [5, 5.41) is 15.3. The molecule has 156 valence electrons. The summed E-state index contributed by atoms with van der Waals surface area (Å²) < 4.78 is 20.3. The molecule has 0 unspecified atom stereocenters. The molecule has 0 aliphatic rings. The maximum Gasteiger partial charge on any atom is 0.345 e. The molecular formula is C18H20N2O8S. The fourth-order valence-electron chi connectivity index (χ4n) is 2.54. The smallest absolute Gasteiger partial charge is 0.345 e. The number of nitro benzene ring substituents is 1. The molecule has 10 nitrogen and oxygen atoms in total. The first-order valence-corrected chi connectivity index (χ1v) is 9.17. The summed E-state index contributed by atoms with van der Waals surface area (Å²) in [4.78, 5) is 36.9. The number of hydrogen-bond acceptors (Lipinski definition) is 9. The van der Waals surface area contributed by atoms with Crippen LogP contribution in [0.3, 0.4) is 0 Å². The van der Waals surface area contributed by atoms with Crippen LogP contribution in [0.15, 0.2) is 22.9 Å².